The third-order valence-electron chi connectivity index (χ3n) is 4.33. The minimum Gasteiger partial charge on any atom is -0.332 e. The number of hydrogen-bond donors (Lipinski definition) is 2. The lowest BCUT2D eigenvalue weighted by Crippen LogP contribution is -2.34. The summed E-state index contributed by atoms with van der Waals surface area (Å²) in [6, 6.07) is 20.6. The molecule has 0 heterocycles. The standard InChI is InChI=1S/C21H18N4O4S2/c1-25(18-8-3-2-4-9-18)31(28,29)19-12-10-16(11-13-19)22-21(30)23-20(26)15-6-5-7-17(14-15)24-27/h2-14H,1H3,(H2,22,23,26,30). The summed E-state index contributed by atoms with van der Waals surface area (Å²) in [7, 11) is -2.25. The van der Waals surface area contributed by atoms with Crippen molar-refractivity contribution in [3.8, 4) is 0 Å². The summed E-state index contributed by atoms with van der Waals surface area (Å²) in [5.74, 6) is -0.508. The van der Waals surface area contributed by atoms with Gasteiger partial charge in [-0.15, -0.1) is 4.91 Å². The summed E-state index contributed by atoms with van der Waals surface area (Å²) in [6.45, 7) is 0. The molecule has 0 radical (unpaired) electrons. The number of para-hydroxylation sites is 1. The van der Waals surface area contributed by atoms with E-state index in [1.807, 2.05) is 6.07 Å². The fourth-order valence-corrected chi connectivity index (χ4v) is 4.09. The summed E-state index contributed by atoms with van der Waals surface area (Å²) in [5, 5.41) is 8.12. The van der Waals surface area contributed by atoms with E-state index >= 15 is 0 Å². The van der Waals surface area contributed by atoms with Crippen LogP contribution in [0.2, 0.25) is 0 Å². The number of nitrogens with zero attached hydrogens (tertiary/aromatic N) is 2. The average Bonchev–Trinajstić information content (AvgIpc) is 2.79. The van der Waals surface area contributed by atoms with E-state index in [4.69, 9.17) is 12.2 Å². The first-order valence-electron chi connectivity index (χ1n) is 9.01. The normalized spacial score (nSPS) is 10.7. The van der Waals surface area contributed by atoms with Crippen molar-refractivity contribution in [2.75, 3.05) is 16.7 Å². The van der Waals surface area contributed by atoms with E-state index in [-0.39, 0.29) is 21.3 Å². The molecule has 0 atom stereocenters. The highest BCUT2D eigenvalue weighted by Crippen LogP contribution is 2.23. The lowest BCUT2D eigenvalue weighted by molar-refractivity contribution is 0.0977. The molecule has 0 unspecified atom stereocenters. The van der Waals surface area contributed by atoms with Crippen LogP contribution in [0, 0.1) is 4.91 Å². The van der Waals surface area contributed by atoms with Gasteiger partial charge in [-0.05, 0) is 72.0 Å². The van der Waals surface area contributed by atoms with Gasteiger partial charge in [-0.25, -0.2) is 8.42 Å². The Kier molecular flexibility index (Phi) is 6.73. The Labute approximate surface area is 184 Å². The number of carbonyl (C=O) groups is 1. The Morgan fingerprint density at radius 1 is 0.968 bits per heavy atom. The molecule has 158 valence electrons. The highest BCUT2D eigenvalue weighted by Gasteiger charge is 2.21. The van der Waals surface area contributed by atoms with Crippen LogP contribution in [0.15, 0.2) is 88.9 Å². The minimum atomic E-state index is -3.73. The lowest BCUT2D eigenvalue weighted by Gasteiger charge is -2.19. The van der Waals surface area contributed by atoms with Crippen molar-refractivity contribution < 1.29 is 13.2 Å². The van der Waals surface area contributed by atoms with Crippen LogP contribution in [-0.4, -0.2) is 26.5 Å². The Morgan fingerprint density at radius 2 is 1.65 bits per heavy atom. The van der Waals surface area contributed by atoms with Gasteiger partial charge in [0.1, 0.15) is 5.69 Å². The van der Waals surface area contributed by atoms with E-state index in [2.05, 4.69) is 15.8 Å². The van der Waals surface area contributed by atoms with Crippen LogP contribution >= 0.6 is 12.2 Å². The predicted octanol–water partition coefficient (Wildman–Crippen LogP) is 4.04. The molecule has 1 amide bonds. The maximum Gasteiger partial charge on any atom is 0.264 e. The highest BCUT2D eigenvalue weighted by molar-refractivity contribution is 7.92. The topological polar surface area (TPSA) is 108 Å². The van der Waals surface area contributed by atoms with Crippen molar-refractivity contribution in [2.45, 2.75) is 4.90 Å². The quantitative estimate of drug-likeness (QED) is 0.430. The molecule has 8 nitrogen and oxygen atoms in total. The molecule has 0 saturated heterocycles. The molecule has 10 heteroatoms. The van der Waals surface area contributed by atoms with Gasteiger partial charge in [0, 0.05) is 18.3 Å². The second-order valence-corrected chi connectivity index (χ2v) is 8.76. The second kappa shape index (κ2) is 9.45. The monoisotopic (exact) mass is 454 g/mol. The first-order valence-corrected chi connectivity index (χ1v) is 10.9. The number of anilines is 2. The molecule has 0 aliphatic heterocycles. The van der Waals surface area contributed by atoms with Crippen LogP contribution in [0.3, 0.4) is 0 Å². The number of carbonyl (C=O) groups excluding carboxylic acids is 1. The number of thiocarbonyl (C=S) groups is 1. The number of nitroso groups, excluding NO2 is 1. The Morgan fingerprint density at radius 3 is 2.29 bits per heavy atom. The van der Waals surface area contributed by atoms with Gasteiger partial charge in [-0.1, -0.05) is 24.3 Å². The van der Waals surface area contributed by atoms with Gasteiger partial charge < -0.3 is 5.32 Å². The van der Waals surface area contributed by atoms with Crippen LogP contribution in [0.4, 0.5) is 17.1 Å². The second-order valence-electron chi connectivity index (χ2n) is 6.38. The number of amides is 1. The van der Waals surface area contributed by atoms with Crippen LogP contribution in [-0.2, 0) is 10.0 Å². The fourth-order valence-electron chi connectivity index (χ4n) is 2.69. The molecule has 3 aromatic carbocycles. The number of benzene rings is 3. The molecule has 0 fully saturated rings. The number of hydrogen-bond acceptors (Lipinski definition) is 6. The zero-order chi connectivity index (χ0) is 22.4. The van der Waals surface area contributed by atoms with Crippen LogP contribution in [0.5, 0.6) is 0 Å². The fraction of sp³-hybridized carbons (Fsp3) is 0.0476. The number of sulfonamides is 1. The zero-order valence-electron chi connectivity index (χ0n) is 16.3. The third-order valence-corrected chi connectivity index (χ3v) is 6.34. The van der Waals surface area contributed by atoms with Crippen molar-refractivity contribution in [3.05, 3.63) is 89.3 Å². The summed E-state index contributed by atoms with van der Waals surface area (Å²) >= 11 is 5.13. The summed E-state index contributed by atoms with van der Waals surface area (Å²) in [6.07, 6.45) is 0. The maximum atomic E-state index is 12.8. The molecule has 31 heavy (non-hydrogen) atoms. The van der Waals surface area contributed by atoms with Gasteiger partial charge in [0.2, 0.25) is 0 Å². The summed E-state index contributed by atoms with van der Waals surface area (Å²) in [4.78, 5) is 23.0. The van der Waals surface area contributed by atoms with E-state index in [1.165, 1.54) is 47.8 Å². The molecule has 0 bridgehead atoms. The molecular formula is C21H18N4O4S2. The largest absolute Gasteiger partial charge is 0.332 e. The maximum absolute atomic E-state index is 12.8. The molecule has 2 N–H and O–H groups in total. The molecule has 0 aliphatic rings. The summed E-state index contributed by atoms with van der Waals surface area (Å²) in [5.41, 5.74) is 1.40. The van der Waals surface area contributed by atoms with Gasteiger partial charge in [0.15, 0.2) is 5.11 Å². The van der Waals surface area contributed by atoms with E-state index in [9.17, 15) is 18.1 Å². The molecule has 0 saturated carbocycles. The van der Waals surface area contributed by atoms with Crippen molar-refractivity contribution in [2.24, 2.45) is 5.18 Å². The van der Waals surface area contributed by atoms with Gasteiger partial charge in [-0.2, -0.15) is 0 Å². The van der Waals surface area contributed by atoms with Crippen molar-refractivity contribution >= 4 is 50.3 Å². The third kappa shape index (κ3) is 5.30. The SMILES string of the molecule is CN(c1ccccc1)S(=O)(=O)c1ccc(NC(=S)NC(=O)c2cccc(N=O)c2)cc1. The lowest BCUT2D eigenvalue weighted by atomic mass is 10.2. The first kappa shape index (κ1) is 22.1. The van der Waals surface area contributed by atoms with Gasteiger partial charge >= 0.3 is 0 Å². The van der Waals surface area contributed by atoms with E-state index < -0.39 is 15.9 Å². The molecule has 0 aromatic heterocycles. The molecule has 0 spiro atoms. The Hall–Kier alpha value is -3.63. The molecule has 0 aliphatic carbocycles. The molecule has 3 rings (SSSR count). The first-order chi connectivity index (χ1) is 14.8. The smallest absolute Gasteiger partial charge is 0.264 e. The molecule has 3 aromatic rings. The molecular weight excluding hydrogens is 436 g/mol. The number of rotatable bonds is 6. The van der Waals surface area contributed by atoms with Crippen molar-refractivity contribution in [1.82, 2.24) is 5.32 Å². The van der Waals surface area contributed by atoms with Gasteiger partial charge in [-0.3, -0.25) is 14.4 Å². The van der Waals surface area contributed by atoms with Gasteiger partial charge in [0.25, 0.3) is 15.9 Å². The van der Waals surface area contributed by atoms with Crippen LogP contribution in [0.1, 0.15) is 10.4 Å². The van der Waals surface area contributed by atoms with Crippen molar-refractivity contribution in [1.29, 1.82) is 0 Å². The van der Waals surface area contributed by atoms with Crippen LogP contribution in [0.25, 0.3) is 0 Å². The minimum absolute atomic E-state index is 0.0199. The number of nitrogens with one attached hydrogen (secondary N) is 2. The zero-order valence-corrected chi connectivity index (χ0v) is 18.0. The Bertz CT molecular complexity index is 1210. The van der Waals surface area contributed by atoms with E-state index in [0.29, 0.717) is 11.4 Å². The summed E-state index contributed by atoms with van der Waals surface area (Å²) < 4.78 is 26.8. The van der Waals surface area contributed by atoms with Gasteiger partial charge in [0.05, 0.1) is 10.6 Å². The van der Waals surface area contributed by atoms with E-state index in [1.54, 1.807) is 36.4 Å². The van der Waals surface area contributed by atoms with E-state index in [0.717, 1.165) is 0 Å². The predicted molar refractivity (Wildman–Crippen MR) is 124 cm³/mol. The van der Waals surface area contributed by atoms with Crippen LogP contribution < -0.4 is 14.9 Å². The average molecular weight is 455 g/mol. The highest BCUT2D eigenvalue weighted by atomic mass is 32.2. The van der Waals surface area contributed by atoms with Crippen molar-refractivity contribution in [3.63, 3.8) is 0 Å². The Balaban J connectivity index is 1.66.